The number of ether oxygens (including phenoxy) is 2. The maximum Gasteiger partial charge on any atom is 0.336 e. The summed E-state index contributed by atoms with van der Waals surface area (Å²) in [5, 5.41) is 97.4. The van der Waals surface area contributed by atoms with Crippen molar-refractivity contribution in [2.45, 2.75) is 14.7 Å². The van der Waals surface area contributed by atoms with Gasteiger partial charge in [-0.05, 0) is 93.5 Å². The van der Waals surface area contributed by atoms with Crippen molar-refractivity contribution in [3.8, 4) is 28.7 Å². The summed E-state index contributed by atoms with van der Waals surface area (Å²) in [6, 6.07) is 23.3. The summed E-state index contributed by atoms with van der Waals surface area (Å²) in [6.07, 6.45) is 0. The van der Waals surface area contributed by atoms with Crippen LogP contribution in [0.5, 0.6) is 28.7 Å². The van der Waals surface area contributed by atoms with Gasteiger partial charge in [0.1, 0.15) is 39.1 Å². The molecule has 8 aromatic rings. The molecule has 438 valence electrons. The molecule has 0 bridgehead atoms. The fourth-order valence-corrected chi connectivity index (χ4v) is 9.76. The number of aromatic hydroxyl groups is 2. The molecule has 9 N–H and O–H groups in total. The van der Waals surface area contributed by atoms with Crippen molar-refractivity contribution in [3.63, 3.8) is 0 Å². The fourth-order valence-electron chi connectivity index (χ4n) is 8.04. The molecule has 0 saturated heterocycles. The SMILES string of the molecule is COc1cc(N=[N+]([O-])c2ccc(N=Nc3c(S(=O)(=O)O)cc4cc(OOOS)cc(NC(=O)c5ccccc5C(=O)O)c4c3O)c(OC)c2)ccc1N=Nc1c(SOOO)cc2cc(S(=O)(=O)O)cc(NC(=O)c3ccccc3C(=O)O)c2c1O. The Hall–Kier alpha value is -9.92. The Balaban J connectivity index is 1.12. The molecule has 35 heteroatoms. The van der Waals surface area contributed by atoms with Crippen molar-refractivity contribution in [3.05, 3.63) is 149 Å². The lowest BCUT2D eigenvalue weighted by molar-refractivity contribution is -0.435. The van der Waals surface area contributed by atoms with Gasteiger partial charge in [0.2, 0.25) is 5.69 Å². The van der Waals surface area contributed by atoms with Crippen molar-refractivity contribution in [1.29, 1.82) is 0 Å². The van der Waals surface area contributed by atoms with Crippen LogP contribution in [0, 0.1) is 5.21 Å². The number of methoxy groups -OCH3 is 2. The predicted octanol–water partition coefficient (Wildman–Crippen LogP) is 11.1. The number of anilines is 2. The molecule has 2 amide bonds. The number of fused-ring (bicyclic) bond motifs is 2. The van der Waals surface area contributed by atoms with E-state index >= 15 is 0 Å². The first-order chi connectivity index (χ1) is 40.4. The number of carbonyl (C=O) groups excluding carboxylic acids is 2. The first-order valence-electron chi connectivity index (χ1n) is 23.0. The van der Waals surface area contributed by atoms with Crippen LogP contribution in [0.4, 0.5) is 45.5 Å². The van der Waals surface area contributed by atoms with E-state index in [0.717, 1.165) is 54.6 Å². The lowest BCUT2D eigenvalue weighted by Crippen LogP contribution is -2.17. The van der Waals surface area contributed by atoms with Crippen LogP contribution in [-0.4, -0.2) is 94.5 Å². The quantitative estimate of drug-likeness (QED) is 0.00573. The van der Waals surface area contributed by atoms with E-state index in [2.05, 4.69) is 67.9 Å². The summed E-state index contributed by atoms with van der Waals surface area (Å²) in [7, 11) is -7.86. The molecule has 0 spiro atoms. The molecule has 8 rings (SSSR count). The van der Waals surface area contributed by atoms with Gasteiger partial charge in [-0.3, -0.25) is 18.7 Å². The molecule has 0 fully saturated rings. The van der Waals surface area contributed by atoms with E-state index in [1.807, 2.05) is 0 Å². The van der Waals surface area contributed by atoms with Crippen molar-refractivity contribution in [2.24, 2.45) is 25.6 Å². The molecule has 85 heavy (non-hydrogen) atoms. The number of aromatic carboxylic acids is 2. The number of hydrogen-bond acceptors (Lipinski definition) is 26. The number of azo groups is 3. The van der Waals surface area contributed by atoms with Crippen LogP contribution in [0.2, 0.25) is 0 Å². The number of carboxylic acid groups (broad SMARTS) is 2. The van der Waals surface area contributed by atoms with Crippen LogP contribution >= 0.6 is 25.0 Å². The number of phenols is 2. The summed E-state index contributed by atoms with van der Waals surface area (Å²) in [4.78, 5) is 53.9. The highest BCUT2D eigenvalue weighted by atomic mass is 32.2. The summed E-state index contributed by atoms with van der Waals surface area (Å²) in [5.41, 5.74) is -4.17. The Morgan fingerprint density at radius 2 is 1.16 bits per heavy atom. The van der Waals surface area contributed by atoms with E-state index < -0.39 is 93.5 Å². The number of benzene rings is 8. The summed E-state index contributed by atoms with van der Waals surface area (Å²) < 4.78 is 90.2. The number of rotatable bonds is 22. The monoisotopic (exact) mass is 1240 g/mol. The Kier molecular flexibility index (Phi) is 18.5. The normalized spacial score (nSPS) is 12.0. The van der Waals surface area contributed by atoms with Crippen LogP contribution in [0.3, 0.4) is 0 Å². The third kappa shape index (κ3) is 13.6. The molecule has 0 aliphatic carbocycles. The van der Waals surface area contributed by atoms with Gasteiger partial charge in [-0.25, -0.2) is 14.8 Å². The second-order valence-electron chi connectivity index (χ2n) is 16.8. The van der Waals surface area contributed by atoms with Crippen LogP contribution in [0.1, 0.15) is 41.4 Å². The number of carbonyl (C=O) groups is 4. The second-order valence-corrected chi connectivity index (χ2v) is 20.5. The van der Waals surface area contributed by atoms with Gasteiger partial charge < -0.3 is 50.6 Å². The molecule has 0 aliphatic heterocycles. The van der Waals surface area contributed by atoms with E-state index in [1.165, 1.54) is 80.9 Å². The lowest BCUT2D eigenvalue weighted by atomic mass is 10.0. The van der Waals surface area contributed by atoms with E-state index in [0.29, 0.717) is 0 Å². The molecule has 0 unspecified atom stereocenters. The minimum absolute atomic E-state index is 0.0567. The van der Waals surface area contributed by atoms with Crippen molar-refractivity contribution in [2.75, 3.05) is 24.9 Å². The van der Waals surface area contributed by atoms with Gasteiger partial charge >= 0.3 is 11.9 Å². The minimum Gasteiger partial charge on any atom is -0.594 e. The third-order valence-electron chi connectivity index (χ3n) is 11.7. The van der Waals surface area contributed by atoms with E-state index in [1.54, 1.807) is 0 Å². The highest BCUT2D eigenvalue weighted by Gasteiger charge is 2.28. The zero-order valence-corrected chi connectivity index (χ0v) is 45.9. The zero-order valence-electron chi connectivity index (χ0n) is 42.6. The standard InChI is InChI=1S/C50H36N8O23S4/c1-75-37-19-25(11-13-33(37)53-55-43-39(83-81-78-68)17-24-16-28(84(69,70)71)22-36(42(24)45(43)59)52-48(62)30-8-4-6-10-32(30)50(65)66)57-58(67)26-12-14-34(38(20-26)76-2)54-56-44-40(85(72,73)74)18-23-15-27(77-79-80-82)21-35(41(23)46(44)60)51-47(61)29-7-3-5-9-31(29)49(63)64/h3-22,59-60,68,82H,1-2H3,(H,51,61)(H,52,62)(H,63,64)(H,65,66)(H,69,70,71)(H,72,73,74). The van der Waals surface area contributed by atoms with Gasteiger partial charge in [-0.1, -0.05) is 29.3 Å². The Labute approximate surface area is 485 Å². The topological polar surface area (TPSA) is 455 Å². The average Bonchev–Trinajstić information content (AvgIpc) is 1.09. The van der Waals surface area contributed by atoms with Crippen molar-refractivity contribution in [1.82, 2.24) is 0 Å². The molecule has 0 aliphatic rings. The molecule has 0 atom stereocenters. The van der Waals surface area contributed by atoms with E-state index in [-0.39, 0.29) is 100 Å². The molecule has 8 aromatic carbocycles. The van der Waals surface area contributed by atoms with Gasteiger partial charge in [0.25, 0.3) is 32.1 Å². The molecular weight excluding hydrogens is 1210 g/mol. The highest BCUT2D eigenvalue weighted by Crippen LogP contribution is 2.49. The van der Waals surface area contributed by atoms with Gasteiger partial charge in [0.05, 0.1) is 75.7 Å². The number of carboxylic acids is 2. The van der Waals surface area contributed by atoms with Crippen LogP contribution < -0.4 is 25.0 Å². The fraction of sp³-hybridized carbons (Fsp3) is 0.0400. The second kappa shape index (κ2) is 25.7. The van der Waals surface area contributed by atoms with E-state index in [4.69, 9.17) is 19.6 Å². The summed E-state index contributed by atoms with van der Waals surface area (Å²) >= 11 is 3.64. The van der Waals surface area contributed by atoms with E-state index in [9.17, 15) is 70.8 Å². The predicted molar refractivity (Wildman–Crippen MR) is 296 cm³/mol. The Morgan fingerprint density at radius 3 is 1.71 bits per heavy atom. The summed E-state index contributed by atoms with van der Waals surface area (Å²) in [6.45, 7) is 0. The van der Waals surface area contributed by atoms with Crippen LogP contribution in [0.25, 0.3) is 21.5 Å². The molecule has 0 aromatic heterocycles. The Bertz CT molecular complexity index is 4380. The number of phenolic OH excluding ortho intramolecular Hbond substituents is 2. The van der Waals surface area contributed by atoms with Crippen molar-refractivity contribution < 1.29 is 109 Å². The Morgan fingerprint density at radius 1 is 0.635 bits per heavy atom. The smallest absolute Gasteiger partial charge is 0.336 e. The summed E-state index contributed by atoms with van der Waals surface area (Å²) in [5.74, 6) is -7.36. The van der Waals surface area contributed by atoms with Crippen molar-refractivity contribution >= 4 is 136 Å². The van der Waals surface area contributed by atoms with Crippen LogP contribution in [0.15, 0.2) is 162 Å². The molecular formula is C50H36N8O23S4. The number of nitrogens with zero attached hydrogens (tertiary/aromatic N) is 6. The highest BCUT2D eigenvalue weighted by molar-refractivity contribution is 7.94. The molecule has 0 heterocycles. The number of nitrogens with one attached hydrogen (secondary N) is 2. The molecule has 0 radical (unpaired) electrons. The number of amides is 2. The van der Waals surface area contributed by atoms with Crippen LogP contribution in [-0.2, 0) is 39.0 Å². The third-order valence-corrected chi connectivity index (χ3v) is 14.1. The molecule has 31 nitrogen and oxygen atoms in total. The zero-order chi connectivity index (χ0) is 61.5. The first-order valence-corrected chi connectivity index (χ1v) is 27.0. The van der Waals surface area contributed by atoms with Gasteiger partial charge in [-0.2, -0.15) is 16.8 Å². The first kappa shape index (κ1) is 61.2. The average molecular weight is 1250 g/mol. The number of thiol groups is 1. The lowest BCUT2D eigenvalue weighted by Gasteiger charge is -2.15. The van der Waals surface area contributed by atoms with Gasteiger partial charge in [0, 0.05) is 47.0 Å². The maximum absolute atomic E-state index is 13.6. The van der Waals surface area contributed by atoms with Gasteiger partial charge in [-0.15, -0.1) is 29.1 Å². The maximum atomic E-state index is 13.6. The van der Waals surface area contributed by atoms with Gasteiger partial charge in [0.15, 0.2) is 23.0 Å². The molecule has 0 saturated carbocycles. The largest absolute Gasteiger partial charge is 0.594 e. The minimum atomic E-state index is -5.26. The number of hydrogen-bond donors (Lipinski definition) is 10.